The molecule has 0 bridgehead atoms. The lowest BCUT2D eigenvalue weighted by atomic mass is 10.6. The Hall–Kier alpha value is -1.61. The van der Waals surface area contributed by atoms with E-state index in [1.165, 1.54) is 16.3 Å². The molecule has 0 aliphatic heterocycles. The zero-order valence-corrected chi connectivity index (χ0v) is 11.0. The molecule has 18 heavy (non-hydrogen) atoms. The van der Waals surface area contributed by atoms with Gasteiger partial charge in [-0.25, -0.2) is 19.7 Å². The van der Waals surface area contributed by atoms with Crippen molar-refractivity contribution in [1.82, 2.24) is 19.7 Å². The van der Waals surface area contributed by atoms with Crippen LogP contribution in [-0.4, -0.2) is 30.8 Å². The standard InChI is InChI=1S/C9H10N4O3S2/c1-2-13-8(16)11-12-9(13)18-4-5-3-17-6(10-5)7(14)15/h3H,2,4H2,1H3,(H,11,16)(H,14,15). The van der Waals surface area contributed by atoms with Gasteiger partial charge in [-0.15, -0.1) is 16.4 Å². The first kappa shape index (κ1) is 12.8. The lowest BCUT2D eigenvalue weighted by molar-refractivity contribution is 0.0696. The Kier molecular flexibility index (Phi) is 3.82. The summed E-state index contributed by atoms with van der Waals surface area (Å²) in [6.45, 7) is 2.39. The minimum atomic E-state index is -1.03. The molecule has 0 saturated carbocycles. The number of thiazole rings is 1. The van der Waals surface area contributed by atoms with Crippen LogP contribution in [0.15, 0.2) is 15.3 Å². The highest BCUT2D eigenvalue weighted by Crippen LogP contribution is 2.20. The van der Waals surface area contributed by atoms with Crippen molar-refractivity contribution in [3.05, 3.63) is 26.6 Å². The molecule has 0 aliphatic rings. The fourth-order valence-corrected chi connectivity index (χ4v) is 2.97. The van der Waals surface area contributed by atoms with Gasteiger partial charge in [0.2, 0.25) is 5.01 Å². The molecule has 2 heterocycles. The Labute approximate surface area is 110 Å². The third kappa shape index (κ3) is 2.62. The van der Waals surface area contributed by atoms with E-state index in [1.807, 2.05) is 6.92 Å². The van der Waals surface area contributed by atoms with Crippen LogP contribution >= 0.6 is 23.1 Å². The number of aromatic nitrogens is 4. The Morgan fingerprint density at radius 1 is 1.67 bits per heavy atom. The van der Waals surface area contributed by atoms with E-state index in [0.29, 0.717) is 23.1 Å². The van der Waals surface area contributed by atoms with Crippen molar-refractivity contribution in [2.45, 2.75) is 24.4 Å². The average Bonchev–Trinajstić information content (AvgIpc) is 2.93. The summed E-state index contributed by atoms with van der Waals surface area (Å²) in [5.74, 6) is -0.546. The molecule has 0 radical (unpaired) electrons. The van der Waals surface area contributed by atoms with E-state index in [-0.39, 0.29) is 10.7 Å². The first-order valence-electron chi connectivity index (χ1n) is 5.07. The lowest BCUT2D eigenvalue weighted by Gasteiger charge is -1.99. The summed E-state index contributed by atoms with van der Waals surface area (Å²) in [6.07, 6.45) is 0. The molecule has 0 spiro atoms. The monoisotopic (exact) mass is 286 g/mol. The van der Waals surface area contributed by atoms with Gasteiger partial charge in [0.05, 0.1) is 5.69 Å². The molecule has 0 saturated heterocycles. The van der Waals surface area contributed by atoms with Gasteiger partial charge in [-0.3, -0.25) is 4.57 Å². The zero-order chi connectivity index (χ0) is 13.1. The minimum Gasteiger partial charge on any atom is -0.476 e. The molecule has 2 aromatic heterocycles. The van der Waals surface area contributed by atoms with E-state index in [9.17, 15) is 9.59 Å². The Morgan fingerprint density at radius 3 is 3.06 bits per heavy atom. The van der Waals surface area contributed by atoms with Crippen molar-refractivity contribution in [3.8, 4) is 0 Å². The van der Waals surface area contributed by atoms with Gasteiger partial charge >= 0.3 is 11.7 Å². The van der Waals surface area contributed by atoms with Crippen LogP contribution in [0.5, 0.6) is 0 Å². The van der Waals surface area contributed by atoms with E-state index < -0.39 is 5.97 Å². The first-order valence-corrected chi connectivity index (χ1v) is 6.94. The number of hydrogen-bond donors (Lipinski definition) is 2. The van der Waals surface area contributed by atoms with Crippen molar-refractivity contribution in [2.75, 3.05) is 0 Å². The Morgan fingerprint density at radius 2 is 2.44 bits per heavy atom. The fraction of sp³-hybridized carbons (Fsp3) is 0.333. The van der Waals surface area contributed by atoms with Gasteiger partial charge in [0, 0.05) is 17.7 Å². The summed E-state index contributed by atoms with van der Waals surface area (Å²) in [4.78, 5) is 25.9. The predicted octanol–water partition coefficient (Wildman–Crippen LogP) is 1.04. The number of nitrogens with zero attached hydrogens (tertiary/aromatic N) is 3. The predicted molar refractivity (Wildman–Crippen MR) is 67.2 cm³/mol. The van der Waals surface area contributed by atoms with Gasteiger partial charge in [-0.05, 0) is 6.92 Å². The summed E-state index contributed by atoms with van der Waals surface area (Å²) >= 11 is 2.43. The maximum absolute atomic E-state index is 11.3. The molecule has 0 fully saturated rings. The van der Waals surface area contributed by atoms with Gasteiger partial charge in [0.1, 0.15) is 0 Å². The summed E-state index contributed by atoms with van der Waals surface area (Å²) in [5.41, 5.74) is 0.421. The topological polar surface area (TPSA) is 101 Å². The van der Waals surface area contributed by atoms with E-state index in [2.05, 4.69) is 15.2 Å². The second kappa shape index (κ2) is 5.36. The number of hydrogen-bond acceptors (Lipinski definition) is 6. The van der Waals surface area contributed by atoms with E-state index in [4.69, 9.17) is 5.11 Å². The van der Waals surface area contributed by atoms with Gasteiger partial charge in [-0.1, -0.05) is 11.8 Å². The number of thioether (sulfide) groups is 1. The summed E-state index contributed by atoms with van der Waals surface area (Å²) in [7, 11) is 0. The van der Waals surface area contributed by atoms with E-state index in [0.717, 1.165) is 11.3 Å². The molecular weight excluding hydrogens is 276 g/mol. The van der Waals surface area contributed by atoms with Crippen LogP contribution in [0, 0.1) is 0 Å². The third-order valence-electron chi connectivity index (χ3n) is 2.12. The minimum absolute atomic E-state index is 0.0699. The Bertz CT molecular complexity index is 615. The second-order valence-corrected chi connectivity index (χ2v) is 5.09. The van der Waals surface area contributed by atoms with Crippen LogP contribution < -0.4 is 5.69 Å². The van der Waals surface area contributed by atoms with Crippen LogP contribution in [0.2, 0.25) is 0 Å². The zero-order valence-electron chi connectivity index (χ0n) is 9.41. The Balaban J connectivity index is 2.06. The molecular formula is C9H10N4O3S2. The molecule has 2 N–H and O–H groups in total. The maximum atomic E-state index is 11.3. The number of carbonyl (C=O) groups is 1. The molecule has 96 valence electrons. The molecule has 0 aromatic carbocycles. The van der Waals surface area contributed by atoms with E-state index in [1.54, 1.807) is 5.38 Å². The van der Waals surface area contributed by atoms with Crippen molar-refractivity contribution >= 4 is 29.1 Å². The molecule has 7 nitrogen and oxygen atoms in total. The summed E-state index contributed by atoms with van der Waals surface area (Å²) in [5, 5.41) is 17.3. The SMILES string of the molecule is CCn1c(SCc2csc(C(=O)O)n2)n[nH]c1=O. The number of carboxylic acids is 1. The second-order valence-electron chi connectivity index (χ2n) is 3.29. The van der Waals surface area contributed by atoms with Crippen molar-refractivity contribution in [2.24, 2.45) is 0 Å². The van der Waals surface area contributed by atoms with Gasteiger partial charge < -0.3 is 5.11 Å². The molecule has 0 atom stereocenters. The van der Waals surface area contributed by atoms with Gasteiger partial charge in [0.15, 0.2) is 5.16 Å². The smallest absolute Gasteiger partial charge is 0.365 e. The fourth-order valence-electron chi connectivity index (χ4n) is 1.30. The van der Waals surface area contributed by atoms with Crippen LogP contribution in [0.4, 0.5) is 0 Å². The molecule has 9 heteroatoms. The summed E-state index contributed by atoms with van der Waals surface area (Å²) < 4.78 is 1.51. The van der Waals surface area contributed by atoms with Crippen LogP contribution in [-0.2, 0) is 12.3 Å². The molecule has 0 unspecified atom stereocenters. The third-order valence-corrected chi connectivity index (χ3v) is 4.01. The number of carboxylic acid groups (broad SMARTS) is 1. The number of aromatic carboxylic acids is 1. The quantitative estimate of drug-likeness (QED) is 0.796. The molecule has 0 amide bonds. The van der Waals surface area contributed by atoms with E-state index >= 15 is 0 Å². The molecule has 2 aromatic rings. The summed E-state index contributed by atoms with van der Waals surface area (Å²) in [6, 6.07) is 0. The number of aromatic amines is 1. The largest absolute Gasteiger partial charge is 0.476 e. The van der Waals surface area contributed by atoms with Crippen molar-refractivity contribution in [3.63, 3.8) is 0 Å². The molecule has 0 aliphatic carbocycles. The van der Waals surface area contributed by atoms with Crippen molar-refractivity contribution < 1.29 is 9.90 Å². The lowest BCUT2D eigenvalue weighted by Crippen LogP contribution is -2.16. The normalized spacial score (nSPS) is 10.7. The highest BCUT2D eigenvalue weighted by Gasteiger charge is 2.11. The van der Waals surface area contributed by atoms with Crippen LogP contribution in [0.3, 0.4) is 0 Å². The first-order chi connectivity index (χ1) is 8.61. The number of rotatable bonds is 5. The highest BCUT2D eigenvalue weighted by molar-refractivity contribution is 7.98. The van der Waals surface area contributed by atoms with Crippen LogP contribution in [0.25, 0.3) is 0 Å². The number of H-pyrrole nitrogens is 1. The molecule has 2 rings (SSSR count). The number of nitrogens with one attached hydrogen (secondary N) is 1. The maximum Gasteiger partial charge on any atom is 0.365 e. The van der Waals surface area contributed by atoms with Crippen molar-refractivity contribution in [1.29, 1.82) is 0 Å². The van der Waals surface area contributed by atoms with Crippen LogP contribution in [0.1, 0.15) is 22.4 Å². The van der Waals surface area contributed by atoms with Gasteiger partial charge in [-0.2, -0.15) is 0 Å². The highest BCUT2D eigenvalue weighted by atomic mass is 32.2. The van der Waals surface area contributed by atoms with Gasteiger partial charge in [0.25, 0.3) is 0 Å². The average molecular weight is 286 g/mol.